The third-order valence-electron chi connectivity index (χ3n) is 4.15. The van der Waals surface area contributed by atoms with Crippen molar-refractivity contribution in [1.82, 2.24) is 14.5 Å². The van der Waals surface area contributed by atoms with Gasteiger partial charge in [0.1, 0.15) is 11.3 Å². The number of ether oxygens (including phenoxy) is 1. The fourth-order valence-corrected chi connectivity index (χ4v) is 2.68. The molecule has 28 heavy (non-hydrogen) atoms. The van der Waals surface area contributed by atoms with Gasteiger partial charge in [-0.2, -0.15) is 18.2 Å². The number of nitrogens with zero attached hydrogens (tertiary/aromatic N) is 3. The van der Waals surface area contributed by atoms with E-state index in [0.29, 0.717) is 29.3 Å². The highest BCUT2D eigenvalue weighted by Crippen LogP contribution is 2.29. The Hall–Kier alpha value is -3.49. The number of nitrogens with one attached hydrogen (secondary N) is 1. The summed E-state index contributed by atoms with van der Waals surface area (Å²) in [6.07, 6.45) is -2.43. The molecule has 0 saturated heterocycles. The zero-order valence-corrected chi connectivity index (χ0v) is 14.7. The first kappa shape index (κ1) is 17.9. The van der Waals surface area contributed by atoms with Gasteiger partial charge in [0.05, 0.1) is 13.4 Å². The van der Waals surface area contributed by atoms with Crippen molar-refractivity contribution < 1.29 is 22.3 Å². The lowest BCUT2D eigenvalue weighted by atomic mass is 10.2. The molecule has 144 valence electrons. The summed E-state index contributed by atoms with van der Waals surface area (Å²) < 4.78 is 50.2. The summed E-state index contributed by atoms with van der Waals surface area (Å²) in [5.74, 6) is 0.770. The Morgan fingerprint density at radius 1 is 1.14 bits per heavy atom. The van der Waals surface area contributed by atoms with E-state index >= 15 is 0 Å². The van der Waals surface area contributed by atoms with Crippen LogP contribution < -0.4 is 10.1 Å². The number of imidazole rings is 1. The van der Waals surface area contributed by atoms with Gasteiger partial charge in [-0.05, 0) is 35.9 Å². The maximum absolute atomic E-state index is 12.7. The molecule has 4 aromatic rings. The molecular weight excluding hydrogens is 373 g/mol. The highest BCUT2D eigenvalue weighted by molar-refractivity contribution is 5.77. The molecule has 2 heterocycles. The highest BCUT2D eigenvalue weighted by atomic mass is 19.4. The van der Waals surface area contributed by atoms with Crippen molar-refractivity contribution in [2.45, 2.75) is 12.7 Å². The Morgan fingerprint density at radius 3 is 2.61 bits per heavy atom. The molecule has 6 nitrogen and oxygen atoms in total. The van der Waals surface area contributed by atoms with Crippen LogP contribution in [0.4, 0.5) is 19.2 Å². The molecule has 0 amide bonds. The van der Waals surface area contributed by atoms with Gasteiger partial charge in [0.25, 0.3) is 6.01 Å². The van der Waals surface area contributed by atoms with Gasteiger partial charge in [0.15, 0.2) is 11.3 Å². The van der Waals surface area contributed by atoms with Crippen LogP contribution in [0.2, 0.25) is 0 Å². The third-order valence-corrected chi connectivity index (χ3v) is 4.15. The van der Waals surface area contributed by atoms with Crippen molar-refractivity contribution in [2.75, 3.05) is 12.4 Å². The van der Waals surface area contributed by atoms with E-state index in [0.717, 1.165) is 23.8 Å². The fourth-order valence-electron chi connectivity index (χ4n) is 2.68. The zero-order chi connectivity index (χ0) is 19.7. The van der Waals surface area contributed by atoms with Crippen LogP contribution in [-0.2, 0) is 12.7 Å². The summed E-state index contributed by atoms with van der Waals surface area (Å²) in [6.45, 7) is 0.500. The number of benzene rings is 2. The third kappa shape index (κ3) is 3.64. The minimum Gasteiger partial charge on any atom is -0.497 e. The summed E-state index contributed by atoms with van der Waals surface area (Å²) >= 11 is 0. The van der Waals surface area contributed by atoms with Crippen LogP contribution in [0.5, 0.6) is 5.75 Å². The van der Waals surface area contributed by atoms with E-state index < -0.39 is 11.9 Å². The standard InChI is InChI=1S/C19H15F3N4O2/c1-27-14-5-2-12(3-6-14)9-23-18-25-15-8-13(4-7-16(15)28-18)26-10-17(24-11-26)19(20,21)22/h2-8,10-11H,9H2,1H3,(H,23,25). The average molecular weight is 388 g/mol. The first-order chi connectivity index (χ1) is 13.4. The van der Waals surface area contributed by atoms with Gasteiger partial charge >= 0.3 is 6.18 Å². The predicted molar refractivity (Wildman–Crippen MR) is 96.5 cm³/mol. The molecule has 0 fully saturated rings. The van der Waals surface area contributed by atoms with Crippen molar-refractivity contribution in [3.63, 3.8) is 0 Å². The largest absolute Gasteiger partial charge is 0.497 e. The van der Waals surface area contributed by atoms with E-state index in [1.54, 1.807) is 25.3 Å². The van der Waals surface area contributed by atoms with E-state index in [-0.39, 0.29) is 0 Å². The Bertz CT molecular complexity index is 1100. The number of oxazole rings is 1. The van der Waals surface area contributed by atoms with E-state index in [1.807, 2.05) is 24.3 Å². The second-order valence-corrected chi connectivity index (χ2v) is 6.04. The molecule has 0 aliphatic heterocycles. The topological polar surface area (TPSA) is 65.1 Å². The summed E-state index contributed by atoms with van der Waals surface area (Å²) in [7, 11) is 1.60. The normalized spacial score (nSPS) is 11.7. The lowest BCUT2D eigenvalue weighted by Crippen LogP contribution is -2.04. The molecule has 0 radical (unpaired) electrons. The molecule has 0 bridgehead atoms. The number of alkyl halides is 3. The molecule has 0 atom stereocenters. The van der Waals surface area contributed by atoms with Crippen LogP contribution in [0.1, 0.15) is 11.3 Å². The Kier molecular flexibility index (Phi) is 4.42. The van der Waals surface area contributed by atoms with Crippen LogP contribution >= 0.6 is 0 Å². The maximum atomic E-state index is 12.7. The van der Waals surface area contributed by atoms with Crippen LogP contribution in [0.3, 0.4) is 0 Å². The molecule has 0 aliphatic carbocycles. The molecule has 2 aromatic heterocycles. The minimum absolute atomic E-state index is 0.324. The van der Waals surface area contributed by atoms with Gasteiger partial charge in [-0.25, -0.2) is 4.98 Å². The molecule has 9 heteroatoms. The SMILES string of the molecule is COc1ccc(CNc2nc3cc(-n4cnc(C(F)(F)F)c4)ccc3o2)cc1. The molecule has 0 spiro atoms. The molecular formula is C19H15F3N4O2. The number of fused-ring (bicyclic) bond motifs is 1. The number of methoxy groups -OCH3 is 1. The molecule has 1 N–H and O–H groups in total. The second kappa shape index (κ2) is 6.91. The second-order valence-electron chi connectivity index (χ2n) is 6.04. The number of anilines is 1. The molecule has 4 rings (SSSR count). The Labute approximate surface area is 157 Å². The number of rotatable bonds is 5. The van der Waals surface area contributed by atoms with Crippen molar-refractivity contribution in [3.8, 4) is 11.4 Å². The first-order valence-electron chi connectivity index (χ1n) is 8.31. The van der Waals surface area contributed by atoms with Crippen LogP contribution in [-0.4, -0.2) is 21.6 Å². The van der Waals surface area contributed by atoms with Crippen molar-refractivity contribution in [1.29, 1.82) is 0 Å². The average Bonchev–Trinajstić information content (AvgIpc) is 3.32. The van der Waals surface area contributed by atoms with Crippen molar-refractivity contribution in [3.05, 3.63) is 66.2 Å². The van der Waals surface area contributed by atoms with Gasteiger partial charge in [-0.1, -0.05) is 12.1 Å². The summed E-state index contributed by atoms with van der Waals surface area (Å²) in [5, 5.41) is 3.08. The summed E-state index contributed by atoms with van der Waals surface area (Å²) in [4.78, 5) is 7.74. The van der Waals surface area contributed by atoms with E-state index in [9.17, 15) is 13.2 Å². The summed E-state index contributed by atoms with van der Waals surface area (Å²) in [6, 6.07) is 12.8. The van der Waals surface area contributed by atoms with Crippen molar-refractivity contribution in [2.24, 2.45) is 0 Å². The van der Waals surface area contributed by atoms with Gasteiger partial charge in [-0.15, -0.1) is 0 Å². The number of aromatic nitrogens is 3. The van der Waals surface area contributed by atoms with Gasteiger partial charge in [0.2, 0.25) is 0 Å². The predicted octanol–water partition coefficient (Wildman–Crippen LogP) is 4.65. The van der Waals surface area contributed by atoms with Crippen LogP contribution in [0.25, 0.3) is 16.8 Å². The fraction of sp³-hybridized carbons (Fsp3) is 0.158. The Balaban J connectivity index is 1.52. The number of hydrogen-bond acceptors (Lipinski definition) is 5. The van der Waals surface area contributed by atoms with Crippen LogP contribution in [0, 0.1) is 0 Å². The molecule has 0 saturated carbocycles. The number of hydrogen-bond donors (Lipinski definition) is 1. The highest BCUT2D eigenvalue weighted by Gasteiger charge is 2.33. The smallest absolute Gasteiger partial charge is 0.434 e. The van der Waals surface area contributed by atoms with E-state index in [1.165, 1.54) is 4.57 Å². The quantitative estimate of drug-likeness (QED) is 0.539. The van der Waals surface area contributed by atoms with Crippen LogP contribution in [0.15, 0.2) is 59.4 Å². The lowest BCUT2D eigenvalue weighted by Gasteiger charge is -2.03. The van der Waals surface area contributed by atoms with E-state index in [4.69, 9.17) is 9.15 Å². The molecule has 2 aromatic carbocycles. The maximum Gasteiger partial charge on any atom is 0.434 e. The monoisotopic (exact) mass is 388 g/mol. The zero-order valence-electron chi connectivity index (χ0n) is 14.7. The minimum atomic E-state index is -4.48. The Morgan fingerprint density at radius 2 is 1.93 bits per heavy atom. The van der Waals surface area contributed by atoms with Gasteiger partial charge in [-0.3, -0.25) is 0 Å². The molecule has 0 aliphatic rings. The van der Waals surface area contributed by atoms with Gasteiger partial charge < -0.3 is 19.0 Å². The van der Waals surface area contributed by atoms with Crippen molar-refractivity contribution >= 4 is 17.1 Å². The first-order valence-corrected chi connectivity index (χ1v) is 8.31. The lowest BCUT2D eigenvalue weighted by molar-refractivity contribution is -0.140. The number of halogens is 3. The summed E-state index contributed by atoms with van der Waals surface area (Å²) in [5.41, 5.74) is 1.62. The van der Waals surface area contributed by atoms with E-state index in [2.05, 4.69) is 15.3 Å². The van der Waals surface area contributed by atoms with Gasteiger partial charge in [0, 0.05) is 18.4 Å². The molecule has 0 unspecified atom stereocenters.